The number of hydrogen-bond acceptors (Lipinski definition) is 3. The van der Waals surface area contributed by atoms with Crippen molar-refractivity contribution < 1.29 is 19.1 Å². The first kappa shape index (κ1) is 14.5. The van der Waals surface area contributed by atoms with Crippen molar-refractivity contribution in [3.05, 3.63) is 46.9 Å². The van der Waals surface area contributed by atoms with Crippen LogP contribution in [0.3, 0.4) is 0 Å². The summed E-state index contributed by atoms with van der Waals surface area (Å²) in [6.07, 6.45) is 0. The van der Waals surface area contributed by atoms with E-state index in [2.05, 4.69) is 5.32 Å². The average Bonchev–Trinajstić information content (AvgIpc) is 2.82. The van der Waals surface area contributed by atoms with Gasteiger partial charge in [-0.15, -0.1) is 0 Å². The summed E-state index contributed by atoms with van der Waals surface area (Å²) in [5.74, 6) is -0.595. The van der Waals surface area contributed by atoms with E-state index in [1.54, 1.807) is 19.2 Å². The standard InChI is InChI=1S/C15H16FN3O3/c1-18-11-8-19(6-7-20)14(21)12(11)13(17-15(18)22)9-2-4-10(16)5-3-9/h2-5,13,20H,6-8H2,1H3,(H,17,22)/t13-/m1/s1. The fraction of sp³-hybridized carbons (Fsp3) is 0.333. The van der Waals surface area contributed by atoms with Gasteiger partial charge in [0, 0.05) is 13.6 Å². The summed E-state index contributed by atoms with van der Waals surface area (Å²) in [5.41, 5.74) is 1.74. The smallest absolute Gasteiger partial charge is 0.322 e. The highest BCUT2D eigenvalue weighted by molar-refractivity contribution is 6.01. The molecule has 2 heterocycles. The summed E-state index contributed by atoms with van der Waals surface area (Å²) in [7, 11) is 1.60. The molecule has 1 aromatic rings. The molecular weight excluding hydrogens is 289 g/mol. The number of rotatable bonds is 3. The van der Waals surface area contributed by atoms with Crippen LogP contribution >= 0.6 is 0 Å². The van der Waals surface area contributed by atoms with Gasteiger partial charge in [-0.1, -0.05) is 12.1 Å². The minimum atomic E-state index is -0.601. The van der Waals surface area contributed by atoms with Crippen LogP contribution in [0.4, 0.5) is 9.18 Å². The van der Waals surface area contributed by atoms with E-state index < -0.39 is 6.04 Å². The number of benzene rings is 1. The number of urea groups is 1. The molecule has 0 aliphatic carbocycles. The normalized spacial score (nSPS) is 21.3. The lowest BCUT2D eigenvalue weighted by molar-refractivity contribution is -0.126. The molecule has 0 radical (unpaired) electrons. The zero-order chi connectivity index (χ0) is 15.9. The lowest BCUT2D eigenvalue weighted by Gasteiger charge is -2.31. The van der Waals surface area contributed by atoms with E-state index in [-0.39, 0.29) is 37.5 Å². The first-order valence-corrected chi connectivity index (χ1v) is 6.95. The van der Waals surface area contributed by atoms with Gasteiger partial charge in [-0.05, 0) is 17.7 Å². The highest BCUT2D eigenvalue weighted by Gasteiger charge is 2.42. The van der Waals surface area contributed by atoms with Gasteiger partial charge in [0.1, 0.15) is 5.82 Å². The summed E-state index contributed by atoms with van der Waals surface area (Å²) >= 11 is 0. The Kier molecular flexibility index (Phi) is 3.58. The number of carbonyl (C=O) groups excluding carboxylic acids is 2. The monoisotopic (exact) mass is 305 g/mol. The number of aliphatic hydroxyl groups is 1. The van der Waals surface area contributed by atoms with Crippen molar-refractivity contribution in [1.29, 1.82) is 0 Å². The van der Waals surface area contributed by atoms with E-state index in [1.165, 1.54) is 21.9 Å². The van der Waals surface area contributed by atoms with Crippen molar-refractivity contribution in [2.24, 2.45) is 0 Å². The predicted molar refractivity (Wildman–Crippen MR) is 76.1 cm³/mol. The number of aliphatic hydroxyl groups excluding tert-OH is 1. The molecule has 7 heteroatoms. The first-order valence-electron chi connectivity index (χ1n) is 6.95. The number of hydrogen-bond donors (Lipinski definition) is 2. The quantitative estimate of drug-likeness (QED) is 0.859. The Balaban J connectivity index is 2.02. The number of β-amino-alcohol motifs (C(OH)–C–C–N with tert-alkyl or cyclic N) is 1. The summed E-state index contributed by atoms with van der Waals surface area (Å²) < 4.78 is 13.1. The first-order chi connectivity index (χ1) is 10.5. The molecule has 2 aliphatic rings. The van der Waals surface area contributed by atoms with Crippen LogP contribution in [-0.4, -0.2) is 53.6 Å². The Morgan fingerprint density at radius 2 is 2.00 bits per heavy atom. The minimum Gasteiger partial charge on any atom is -0.395 e. The van der Waals surface area contributed by atoms with Crippen LogP contribution in [0.5, 0.6) is 0 Å². The lowest BCUT2D eigenvalue weighted by Crippen LogP contribution is -2.45. The van der Waals surface area contributed by atoms with Crippen LogP contribution in [0.25, 0.3) is 0 Å². The second kappa shape index (κ2) is 5.42. The van der Waals surface area contributed by atoms with Gasteiger partial charge in [0.05, 0.1) is 30.5 Å². The van der Waals surface area contributed by atoms with Crippen molar-refractivity contribution in [3.8, 4) is 0 Å². The van der Waals surface area contributed by atoms with Crippen molar-refractivity contribution in [2.45, 2.75) is 6.04 Å². The van der Waals surface area contributed by atoms with E-state index in [4.69, 9.17) is 5.11 Å². The Bertz CT molecular complexity index is 657. The van der Waals surface area contributed by atoms with Crippen LogP contribution < -0.4 is 5.32 Å². The zero-order valence-corrected chi connectivity index (χ0v) is 12.0. The third-order valence-electron chi connectivity index (χ3n) is 4.01. The molecule has 2 aliphatic heterocycles. The molecule has 0 aromatic heterocycles. The maximum absolute atomic E-state index is 13.1. The largest absolute Gasteiger partial charge is 0.395 e. The molecule has 0 saturated heterocycles. The van der Waals surface area contributed by atoms with Gasteiger partial charge in [0.2, 0.25) is 0 Å². The Morgan fingerprint density at radius 1 is 1.32 bits per heavy atom. The van der Waals surface area contributed by atoms with E-state index in [1.807, 2.05) is 0 Å². The Morgan fingerprint density at radius 3 is 2.64 bits per heavy atom. The molecule has 6 nitrogen and oxygen atoms in total. The number of nitrogens with zero attached hydrogens (tertiary/aromatic N) is 2. The SMILES string of the molecule is CN1C(=O)N[C@H](c2ccc(F)cc2)C2=C1CN(CCO)C2=O. The summed E-state index contributed by atoms with van der Waals surface area (Å²) in [6.45, 7) is 0.360. The molecule has 1 atom stereocenters. The Hall–Kier alpha value is -2.41. The average molecular weight is 305 g/mol. The van der Waals surface area contributed by atoms with Crippen LogP contribution in [0.15, 0.2) is 35.5 Å². The number of amides is 3. The molecular formula is C15H16FN3O3. The summed E-state index contributed by atoms with van der Waals surface area (Å²) in [6, 6.07) is 4.79. The number of halogens is 1. The summed E-state index contributed by atoms with van der Waals surface area (Å²) in [4.78, 5) is 27.5. The molecule has 0 unspecified atom stereocenters. The predicted octanol–water partition coefficient (Wildman–Crippen LogP) is 0.610. The van der Waals surface area contributed by atoms with Crippen molar-refractivity contribution >= 4 is 11.9 Å². The fourth-order valence-corrected chi connectivity index (χ4v) is 2.83. The van der Waals surface area contributed by atoms with Crippen LogP contribution in [0.1, 0.15) is 11.6 Å². The third-order valence-corrected chi connectivity index (χ3v) is 4.01. The van der Waals surface area contributed by atoms with Gasteiger partial charge < -0.3 is 15.3 Å². The molecule has 22 heavy (non-hydrogen) atoms. The molecule has 3 amide bonds. The van der Waals surface area contributed by atoms with Gasteiger partial charge in [-0.2, -0.15) is 0 Å². The van der Waals surface area contributed by atoms with Crippen LogP contribution in [0, 0.1) is 5.82 Å². The molecule has 2 N–H and O–H groups in total. The van der Waals surface area contributed by atoms with Gasteiger partial charge in [0.25, 0.3) is 5.91 Å². The van der Waals surface area contributed by atoms with Gasteiger partial charge >= 0.3 is 6.03 Å². The second-order valence-corrected chi connectivity index (χ2v) is 5.30. The van der Waals surface area contributed by atoms with Gasteiger partial charge in [-0.25, -0.2) is 9.18 Å². The second-order valence-electron chi connectivity index (χ2n) is 5.30. The molecule has 0 saturated carbocycles. The molecule has 3 rings (SSSR count). The van der Waals surface area contributed by atoms with Crippen LogP contribution in [0.2, 0.25) is 0 Å². The Labute approximate surface area is 126 Å². The summed E-state index contributed by atoms with van der Waals surface area (Å²) in [5, 5.41) is 11.8. The van der Waals surface area contributed by atoms with Crippen molar-refractivity contribution in [2.75, 3.05) is 26.7 Å². The minimum absolute atomic E-state index is 0.140. The van der Waals surface area contributed by atoms with Crippen LogP contribution in [-0.2, 0) is 4.79 Å². The van der Waals surface area contributed by atoms with Crippen molar-refractivity contribution in [1.82, 2.24) is 15.1 Å². The molecule has 0 bridgehead atoms. The molecule has 1 aromatic carbocycles. The third kappa shape index (κ3) is 2.23. The van der Waals surface area contributed by atoms with E-state index >= 15 is 0 Å². The van der Waals surface area contributed by atoms with Gasteiger partial charge in [0.15, 0.2) is 0 Å². The molecule has 0 fully saturated rings. The van der Waals surface area contributed by atoms with E-state index in [0.29, 0.717) is 16.8 Å². The van der Waals surface area contributed by atoms with Crippen molar-refractivity contribution in [3.63, 3.8) is 0 Å². The maximum Gasteiger partial charge on any atom is 0.322 e. The highest BCUT2D eigenvalue weighted by atomic mass is 19.1. The highest BCUT2D eigenvalue weighted by Crippen LogP contribution is 2.35. The number of carbonyl (C=O) groups is 2. The molecule has 116 valence electrons. The topological polar surface area (TPSA) is 72.9 Å². The number of nitrogens with one attached hydrogen (secondary N) is 1. The maximum atomic E-state index is 13.1. The van der Waals surface area contributed by atoms with Gasteiger partial charge in [-0.3, -0.25) is 9.69 Å². The lowest BCUT2D eigenvalue weighted by atomic mass is 9.96. The fourth-order valence-electron chi connectivity index (χ4n) is 2.83. The van der Waals surface area contributed by atoms with E-state index in [9.17, 15) is 14.0 Å². The van der Waals surface area contributed by atoms with E-state index in [0.717, 1.165) is 0 Å². The zero-order valence-electron chi connectivity index (χ0n) is 12.0. The number of likely N-dealkylation sites (N-methyl/N-ethyl adjacent to an activating group) is 1. The molecule has 0 spiro atoms.